The molecule has 2 aromatic rings. The highest BCUT2D eigenvalue weighted by molar-refractivity contribution is 9.10. The van der Waals surface area contributed by atoms with E-state index >= 15 is 0 Å². The van der Waals surface area contributed by atoms with E-state index in [9.17, 15) is 4.79 Å². The Bertz CT molecular complexity index is 721. The third-order valence-electron chi connectivity index (χ3n) is 3.14. The molecule has 1 aliphatic rings. The average Bonchev–Trinajstić information content (AvgIpc) is 2.99. The van der Waals surface area contributed by atoms with Crippen molar-refractivity contribution in [3.8, 4) is 0 Å². The van der Waals surface area contributed by atoms with Gasteiger partial charge < -0.3 is 0 Å². The lowest BCUT2D eigenvalue weighted by atomic mass is 10.1. The molecule has 0 bridgehead atoms. The molecule has 0 radical (unpaired) electrons. The Morgan fingerprint density at radius 2 is 2.45 bits per heavy atom. The lowest BCUT2D eigenvalue weighted by molar-refractivity contribution is -0.117. The Morgan fingerprint density at radius 1 is 1.60 bits per heavy atom. The number of fused-ring (bicyclic) bond motifs is 1. The Labute approximate surface area is 122 Å². The summed E-state index contributed by atoms with van der Waals surface area (Å²) in [5, 5.41) is 7.81. The summed E-state index contributed by atoms with van der Waals surface area (Å²) in [5.41, 5.74) is 8.99. The molecule has 1 aliphatic heterocycles. The minimum Gasteiger partial charge on any atom is -0.279 e. The molecule has 8 nitrogen and oxygen atoms in total. The minimum absolute atomic E-state index is 0.0248. The second kappa shape index (κ2) is 5.10. The van der Waals surface area contributed by atoms with Crippen LogP contribution in [0.4, 0.5) is 5.95 Å². The van der Waals surface area contributed by atoms with Gasteiger partial charge in [0.05, 0.1) is 0 Å². The molecule has 3 rings (SSSR count). The van der Waals surface area contributed by atoms with Crippen molar-refractivity contribution >= 4 is 33.4 Å². The van der Waals surface area contributed by atoms with Crippen molar-refractivity contribution in [2.24, 2.45) is 11.0 Å². The van der Waals surface area contributed by atoms with E-state index in [4.69, 9.17) is 5.53 Å². The topological polar surface area (TPSA) is 99.3 Å². The van der Waals surface area contributed by atoms with Gasteiger partial charge >= 0.3 is 0 Å². The van der Waals surface area contributed by atoms with Crippen LogP contribution in [0.5, 0.6) is 0 Å². The third kappa shape index (κ3) is 2.33. The van der Waals surface area contributed by atoms with Crippen molar-refractivity contribution in [2.45, 2.75) is 6.42 Å². The molecule has 2 aromatic heterocycles. The molecule has 0 aromatic carbocycles. The van der Waals surface area contributed by atoms with Crippen LogP contribution >= 0.6 is 15.9 Å². The maximum absolute atomic E-state index is 12.0. The monoisotopic (exact) mass is 335 g/mol. The first-order chi connectivity index (χ1) is 9.67. The normalized spacial score (nSPS) is 18.6. The maximum Gasteiger partial charge on any atom is 0.252 e. The number of pyridine rings is 1. The fourth-order valence-electron chi connectivity index (χ4n) is 2.21. The molecule has 1 saturated heterocycles. The van der Waals surface area contributed by atoms with Crippen LogP contribution in [-0.4, -0.2) is 33.6 Å². The van der Waals surface area contributed by atoms with Gasteiger partial charge in [-0.1, -0.05) is 21.0 Å². The summed E-state index contributed by atoms with van der Waals surface area (Å²) in [6, 6.07) is 3.68. The zero-order valence-electron chi connectivity index (χ0n) is 10.3. The van der Waals surface area contributed by atoms with E-state index in [1.54, 1.807) is 15.6 Å². The van der Waals surface area contributed by atoms with Crippen LogP contribution in [0.25, 0.3) is 16.1 Å². The van der Waals surface area contributed by atoms with E-state index in [2.05, 4.69) is 36.0 Å². The minimum atomic E-state index is -0.0434. The van der Waals surface area contributed by atoms with Crippen LogP contribution in [-0.2, 0) is 4.79 Å². The number of halogens is 1. The summed E-state index contributed by atoms with van der Waals surface area (Å²) in [5.74, 6) is 0.367. The number of hydrogen-bond donors (Lipinski definition) is 0. The Kier molecular flexibility index (Phi) is 3.29. The largest absolute Gasteiger partial charge is 0.279 e. The van der Waals surface area contributed by atoms with Crippen molar-refractivity contribution < 1.29 is 4.79 Å². The molecular formula is C11H10BrN7O. The summed E-state index contributed by atoms with van der Waals surface area (Å²) in [6.45, 7) is 0.799. The summed E-state index contributed by atoms with van der Waals surface area (Å²) >= 11 is 3.37. The fourth-order valence-corrected chi connectivity index (χ4v) is 2.53. The van der Waals surface area contributed by atoms with Gasteiger partial charge in [0.15, 0.2) is 5.65 Å². The smallest absolute Gasteiger partial charge is 0.252 e. The number of nitrogens with zero attached hydrogens (tertiary/aromatic N) is 7. The summed E-state index contributed by atoms with van der Waals surface area (Å²) in [4.78, 5) is 20.6. The lowest BCUT2D eigenvalue weighted by Crippen LogP contribution is -2.26. The third-order valence-corrected chi connectivity index (χ3v) is 3.63. The standard InChI is InChI=1S/C11H10BrN7O/c12-8-1-2-19-9(4-8)15-11(16-19)18-6-7(3-10(18)20)5-14-17-13/h1-2,4,7H,3,5-6H2. The van der Waals surface area contributed by atoms with E-state index in [1.807, 2.05) is 12.1 Å². The number of carbonyl (C=O) groups excluding carboxylic acids is 1. The molecule has 20 heavy (non-hydrogen) atoms. The number of anilines is 1. The fraction of sp³-hybridized carbons (Fsp3) is 0.364. The van der Waals surface area contributed by atoms with Gasteiger partial charge in [-0.25, -0.2) is 4.52 Å². The Hall–Kier alpha value is -2.12. The molecule has 102 valence electrons. The molecule has 0 N–H and O–H groups in total. The van der Waals surface area contributed by atoms with Crippen LogP contribution in [0.1, 0.15) is 6.42 Å². The van der Waals surface area contributed by atoms with Gasteiger partial charge in [-0.3, -0.25) is 9.69 Å². The summed E-state index contributed by atoms with van der Waals surface area (Å²) < 4.78 is 2.52. The molecule has 1 amide bonds. The molecule has 1 atom stereocenters. The van der Waals surface area contributed by atoms with Crippen LogP contribution in [0.2, 0.25) is 0 Å². The zero-order valence-corrected chi connectivity index (χ0v) is 11.9. The van der Waals surface area contributed by atoms with Crippen molar-refractivity contribution in [2.75, 3.05) is 18.0 Å². The van der Waals surface area contributed by atoms with Crippen LogP contribution in [0.3, 0.4) is 0 Å². The van der Waals surface area contributed by atoms with Crippen molar-refractivity contribution in [1.29, 1.82) is 0 Å². The average molecular weight is 336 g/mol. The number of aromatic nitrogens is 3. The lowest BCUT2D eigenvalue weighted by Gasteiger charge is -2.10. The first kappa shape index (κ1) is 12.9. The number of amides is 1. The van der Waals surface area contributed by atoms with E-state index in [0.29, 0.717) is 31.1 Å². The van der Waals surface area contributed by atoms with Crippen molar-refractivity contribution in [3.05, 3.63) is 33.2 Å². The van der Waals surface area contributed by atoms with E-state index in [1.165, 1.54) is 0 Å². The second-order valence-electron chi connectivity index (χ2n) is 4.55. The Balaban J connectivity index is 1.87. The number of rotatable bonds is 3. The first-order valence-corrected chi connectivity index (χ1v) is 6.80. The molecule has 0 saturated carbocycles. The van der Waals surface area contributed by atoms with Gasteiger partial charge in [0.2, 0.25) is 5.91 Å². The summed E-state index contributed by atoms with van der Waals surface area (Å²) in [7, 11) is 0. The predicted molar refractivity (Wildman–Crippen MR) is 75.2 cm³/mol. The molecule has 1 unspecified atom stereocenters. The molecule has 9 heteroatoms. The predicted octanol–water partition coefficient (Wildman–Crippen LogP) is 2.16. The highest BCUT2D eigenvalue weighted by Crippen LogP contribution is 2.23. The van der Waals surface area contributed by atoms with Gasteiger partial charge in [0.25, 0.3) is 5.95 Å². The van der Waals surface area contributed by atoms with E-state index < -0.39 is 0 Å². The van der Waals surface area contributed by atoms with Gasteiger partial charge in [0.1, 0.15) is 0 Å². The van der Waals surface area contributed by atoms with Crippen molar-refractivity contribution in [3.63, 3.8) is 0 Å². The first-order valence-electron chi connectivity index (χ1n) is 6.00. The highest BCUT2D eigenvalue weighted by atomic mass is 79.9. The van der Waals surface area contributed by atoms with Gasteiger partial charge in [0, 0.05) is 35.1 Å². The molecular weight excluding hydrogens is 326 g/mol. The van der Waals surface area contributed by atoms with Crippen LogP contribution < -0.4 is 4.90 Å². The van der Waals surface area contributed by atoms with Crippen LogP contribution in [0.15, 0.2) is 27.9 Å². The zero-order chi connectivity index (χ0) is 14.1. The molecule has 3 heterocycles. The second-order valence-corrected chi connectivity index (χ2v) is 5.46. The SMILES string of the molecule is [N-]=[N+]=NCC1CC(=O)N(c2nc3cc(Br)ccn3n2)C1. The molecule has 0 spiro atoms. The van der Waals surface area contributed by atoms with Gasteiger partial charge in [-0.2, -0.15) is 4.98 Å². The summed E-state index contributed by atoms with van der Waals surface area (Å²) in [6.07, 6.45) is 2.13. The maximum atomic E-state index is 12.0. The molecule has 1 fully saturated rings. The molecule has 0 aliphatic carbocycles. The Morgan fingerprint density at radius 3 is 3.25 bits per heavy atom. The van der Waals surface area contributed by atoms with E-state index in [-0.39, 0.29) is 11.8 Å². The number of azide groups is 1. The van der Waals surface area contributed by atoms with Gasteiger partial charge in [-0.15, -0.1) is 5.10 Å². The van der Waals surface area contributed by atoms with Crippen molar-refractivity contribution in [1.82, 2.24) is 14.6 Å². The quantitative estimate of drug-likeness (QED) is 0.488. The number of carbonyl (C=O) groups is 1. The number of hydrogen-bond acceptors (Lipinski definition) is 4. The van der Waals surface area contributed by atoms with Gasteiger partial charge in [-0.05, 0) is 23.6 Å². The van der Waals surface area contributed by atoms with E-state index in [0.717, 1.165) is 4.47 Å². The highest BCUT2D eigenvalue weighted by Gasteiger charge is 2.32. The van der Waals surface area contributed by atoms with Crippen LogP contribution in [0, 0.1) is 5.92 Å².